The highest BCUT2D eigenvalue weighted by molar-refractivity contribution is 7.88. The zero-order valence-electron chi connectivity index (χ0n) is 14.1. The summed E-state index contributed by atoms with van der Waals surface area (Å²) in [5.41, 5.74) is -12.3. The Labute approximate surface area is 160 Å². The minimum Gasteiger partial charge on any atom is -0.376 e. The number of benzene rings is 1. The van der Waals surface area contributed by atoms with E-state index in [2.05, 4.69) is 8.37 Å². The Kier molecular flexibility index (Phi) is 6.14. The molecule has 1 aromatic carbocycles. The quantitative estimate of drug-likeness (QED) is 0.271. The molecule has 0 amide bonds. The van der Waals surface area contributed by atoms with Crippen molar-refractivity contribution in [2.45, 2.75) is 36.7 Å². The number of hydrogen-bond acceptors (Lipinski definition) is 7. The highest BCUT2D eigenvalue weighted by Gasteiger charge is 2.50. The molecule has 1 saturated carbocycles. The van der Waals surface area contributed by atoms with Crippen LogP contribution in [0.5, 0.6) is 11.5 Å². The molecule has 0 unspecified atom stereocenters. The fourth-order valence-electron chi connectivity index (χ4n) is 2.58. The second-order valence-electron chi connectivity index (χ2n) is 6.01. The molecule has 0 atom stereocenters. The number of rotatable bonds is 6. The Morgan fingerprint density at radius 3 is 1.52 bits per heavy atom. The van der Waals surface area contributed by atoms with E-state index in [4.69, 9.17) is 0 Å². The molecule has 0 aliphatic heterocycles. The van der Waals surface area contributed by atoms with Crippen molar-refractivity contribution in [2.24, 2.45) is 5.92 Å². The van der Waals surface area contributed by atoms with Gasteiger partial charge in [-0.05, 0) is 25.0 Å². The normalized spacial score (nSPS) is 16.6. The van der Waals surface area contributed by atoms with Gasteiger partial charge >= 0.3 is 31.3 Å². The van der Waals surface area contributed by atoms with Crippen molar-refractivity contribution < 1.29 is 56.3 Å². The maximum absolute atomic E-state index is 12.5. The molecule has 29 heavy (non-hydrogen) atoms. The summed E-state index contributed by atoms with van der Waals surface area (Å²) in [5.74, 6) is -3.82. The van der Waals surface area contributed by atoms with E-state index >= 15 is 0 Å². The van der Waals surface area contributed by atoms with Crippen molar-refractivity contribution in [3.63, 3.8) is 0 Å². The Morgan fingerprint density at radius 2 is 1.17 bits per heavy atom. The zero-order chi connectivity index (χ0) is 22.3. The fraction of sp³-hybridized carbons (Fsp3) is 0.500. The molecule has 0 radical (unpaired) electrons. The molecule has 1 fully saturated rings. The summed E-state index contributed by atoms with van der Waals surface area (Å²) in [4.78, 5) is 12.4. The van der Waals surface area contributed by atoms with Crippen molar-refractivity contribution in [1.29, 1.82) is 0 Å². The molecule has 0 saturated heterocycles. The van der Waals surface area contributed by atoms with E-state index in [9.17, 15) is 48.0 Å². The predicted molar refractivity (Wildman–Crippen MR) is 83.9 cm³/mol. The molecule has 0 heterocycles. The number of ketones is 1. The van der Waals surface area contributed by atoms with Crippen molar-refractivity contribution in [2.75, 3.05) is 0 Å². The van der Waals surface area contributed by atoms with E-state index in [1.54, 1.807) is 0 Å². The molecule has 1 aromatic rings. The summed E-state index contributed by atoms with van der Waals surface area (Å²) < 4.78 is 127. The molecule has 15 heteroatoms. The lowest BCUT2D eigenvalue weighted by atomic mass is 9.96. The van der Waals surface area contributed by atoms with Gasteiger partial charge in [0, 0.05) is 17.5 Å². The predicted octanol–water partition coefficient (Wildman–Crippen LogP) is 3.52. The van der Waals surface area contributed by atoms with Crippen molar-refractivity contribution in [1.82, 2.24) is 0 Å². The van der Waals surface area contributed by atoms with E-state index in [1.165, 1.54) is 0 Å². The second kappa shape index (κ2) is 7.66. The summed E-state index contributed by atoms with van der Waals surface area (Å²) in [5, 5.41) is 0. The van der Waals surface area contributed by atoms with Crippen LogP contribution in [0.4, 0.5) is 26.3 Å². The minimum atomic E-state index is -6.24. The van der Waals surface area contributed by atoms with Crippen LogP contribution in [0.3, 0.4) is 0 Å². The highest BCUT2D eigenvalue weighted by Crippen LogP contribution is 2.35. The van der Waals surface area contributed by atoms with Crippen LogP contribution < -0.4 is 8.37 Å². The van der Waals surface area contributed by atoms with Gasteiger partial charge < -0.3 is 8.37 Å². The van der Waals surface area contributed by atoms with Gasteiger partial charge in [-0.2, -0.15) is 43.2 Å². The number of hydrogen-bond donors (Lipinski definition) is 0. The number of Topliss-reactive ketones (excluding diaryl/α,β-unsaturated/α-hetero) is 1. The third-order valence-electron chi connectivity index (χ3n) is 3.87. The van der Waals surface area contributed by atoms with Crippen LogP contribution in [0.1, 0.15) is 36.0 Å². The van der Waals surface area contributed by atoms with Crippen LogP contribution in [0, 0.1) is 5.92 Å². The fourth-order valence-corrected chi connectivity index (χ4v) is 3.47. The topological polar surface area (TPSA) is 104 Å². The van der Waals surface area contributed by atoms with Crippen molar-refractivity contribution in [3.8, 4) is 11.5 Å². The van der Waals surface area contributed by atoms with Gasteiger partial charge in [-0.15, -0.1) is 0 Å². The van der Waals surface area contributed by atoms with Gasteiger partial charge in [0.1, 0.15) is 11.5 Å². The first-order valence-electron chi connectivity index (χ1n) is 7.74. The smallest absolute Gasteiger partial charge is 0.376 e. The molecule has 1 aliphatic rings. The SMILES string of the molecule is O=C(c1cc(OS(=O)(=O)C(F)(F)F)cc(OS(=O)(=O)C(F)(F)F)c1)C1CCCC1. The average Bonchev–Trinajstić information content (AvgIpc) is 3.05. The average molecular weight is 470 g/mol. The van der Waals surface area contributed by atoms with Crippen molar-refractivity contribution >= 4 is 26.0 Å². The Hall–Kier alpha value is -2.03. The third kappa shape index (κ3) is 5.32. The maximum atomic E-state index is 12.5. The molecule has 0 aromatic heterocycles. The molecular formula is C14H12F6O7S2. The Balaban J connectivity index is 2.50. The van der Waals surface area contributed by atoms with Gasteiger partial charge in [-0.25, -0.2) is 0 Å². The number of carbonyl (C=O) groups is 1. The summed E-state index contributed by atoms with van der Waals surface area (Å²) >= 11 is 0. The van der Waals surface area contributed by atoms with Crippen LogP contribution in [0.25, 0.3) is 0 Å². The van der Waals surface area contributed by atoms with Gasteiger partial charge in [0.15, 0.2) is 5.78 Å². The minimum absolute atomic E-state index is 0.179. The molecule has 0 spiro atoms. The molecule has 164 valence electrons. The molecule has 2 rings (SSSR count). The van der Waals surface area contributed by atoms with Crippen LogP contribution in [0.2, 0.25) is 0 Å². The second-order valence-corrected chi connectivity index (χ2v) is 9.08. The largest absolute Gasteiger partial charge is 0.534 e. The first-order chi connectivity index (χ1) is 13.0. The number of carbonyl (C=O) groups excluding carboxylic acids is 1. The van der Waals surface area contributed by atoms with Gasteiger partial charge in [-0.3, -0.25) is 4.79 Å². The van der Waals surface area contributed by atoms with Gasteiger partial charge in [0.05, 0.1) is 0 Å². The monoisotopic (exact) mass is 470 g/mol. The summed E-state index contributed by atoms with van der Waals surface area (Å²) in [7, 11) is -12.5. The Morgan fingerprint density at radius 1 is 0.793 bits per heavy atom. The highest BCUT2D eigenvalue weighted by atomic mass is 32.2. The van der Waals surface area contributed by atoms with Crippen molar-refractivity contribution in [3.05, 3.63) is 23.8 Å². The number of alkyl halides is 6. The lowest BCUT2D eigenvalue weighted by molar-refractivity contribution is -0.0502. The first kappa shape index (κ1) is 23.3. The maximum Gasteiger partial charge on any atom is 0.534 e. The molecule has 0 bridgehead atoms. The van der Waals surface area contributed by atoms with Crippen LogP contribution >= 0.6 is 0 Å². The lowest BCUT2D eigenvalue weighted by Gasteiger charge is -2.15. The van der Waals surface area contributed by atoms with Gasteiger partial charge in [0.25, 0.3) is 0 Å². The summed E-state index contributed by atoms with van der Waals surface area (Å²) in [6, 6.07) is 1.28. The molecule has 7 nitrogen and oxygen atoms in total. The number of halogens is 6. The van der Waals surface area contributed by atoms with E-state index in [1.807, 2.05) is 0 Å². The summed E-state index contributed by atoms with van der Waals surface area (Å²) in [6.45, 7) is 0. The van der Waals surface area contributed by atoms with E-state index in [0.29, 0.717) is 37.8 Å². The van der Waals surface area contributed by atoms with Crippen LogP contribution in [-0.2, 0) is 20.2 Å². The summed E-state index contributed by atoms with van der Waals surface area (Å²) in [6.07, 6.45) is 2.09. The Bertz CT molecular complexity index is 926. The van der Waals surface area contributed by atoms with Gasteiger partial charge in [-0.1, -0.05) is 12.8 Å². The third-order valence-corrected chi connectivity index (χ3v) is 5.83. The van der Waals surface area contributed by atoms with Crippen LogP contribution in [0.15, 0.2) is 18.2 Å². The molecular weight excluding hydrogens is 458 g/mol. The first-order valence-corrected chi connectivity index (χ1v) is 10.6. The van der Waals surface area contributed by atoms with E-state index < -0.39 is 60.0 Å². The standard InChI is InChI=1S/C14H12F6O7S2/c15-13(16,17)28(22,23)26-10-5-9(12(21)8-3-1-2-4-8)6-11(7-10)27-29(24,25)14(18,19)20/h5-8H,1-4H2. The van der Waals surface area contributed by atoms with E-state index in [0.717, 1.165) is 0 Å². The van der Waals surface area contributed by atoms with Crippen LogP contribution in [-0.4, -0.2) is 33.6 Å². The molecule has 1 aliphatic carbocycles. The zero-order valence-corrected chi connectivity index (χ0v) is 15.7. The lowest BCUT2D eigenvalue weighted by Crippen LogP contribution is -2.29. The van der Waals surface area contributed by atoms with Gasteiger partial charge in [0.2, 0.25) is 0 Å². The molecule has 0 N–H and O–H groups in total. The van der Waals surface area contributed by atoms with E-state index in [-0.39, 0.29) is 6.07 Å².